The first-order valence-electron chi connectivity index (χ1n) is 5.23. The Morgan fingerprint density at radius 1 is 1.50 bits per heavy atom. The van der Waals surface area contributed by atoms with Crippen LogP contribution in [0.25, 0.3) is 22.4 Å². The zero-order chi connectivity index (χ0) is 12.7. The van der Waals surface area contributed by atoms with E-state index in [1.807, 2.05) is 0 Å². The summed E-state index contributed by atoms with van der Waals surface area (Å²) in [6.45, 7) is 1.76. The SMILES string of the molecule is Cc1nc2c3[nH]cnc3ncn2c1/C(C=O)=C/O. The van der Waals surface area contributed by atoms with Gasteiger partial charge >= 0.3 is 0 Å². The molecule has 3 aromatic rings. The predicted molar refractivity (Wildman–Crippen MR) is 64.0 cm³/mol. The third-order valence-corrected chi connectivity index (χ3v) is 2.76. The number of rotatable bonds is 2. The lowest BCUT2D eigenvalue weighted by atomic mass is 10.2. The fourth-order valence-corrected chi connectivity index (χ4v) is 1.99. The largest absolute Gasteiger partial charge is 0.515 e. The predicted octanol–water partition coefficient (Wildman–Crippen LogP) is 1.01. The molecule has 0 spiro atoms. The molecular formula is C11H9N5O2. The second kappa shape index (κ2) is 3.66. The second-order valence-corrected chi connectivity index (χ2v) is 3.79. The Labute approximate surface area is 101 Å². The number of aryl methyl sites for hydroxylation is 1. The first-order chi connectivity index (χ1) is 8.76. The molecule has 3 heterocycles. The number of hydrogen-bond acceptors (Lipinski definition) is 5. The zero-order valence-electron chi connectivity index (χ0n) is 9.45. The van der Waals surface area contributed by atoms with E-state index in [2.05, 4.69) is 19.9 Å². The minimum absolute atomic E-state index is 0.153. The van der Waals surface area contributed by atoms with Crippen LogP contribution in [0.2, 0.25) is 0 Å². The highest BCUT2D eigenvalue weighted by Crippen LogP contribution is 2.22. The summed E-state index contributed by atoms with van der Waals surface area (Å²) in [6, 6.07) is 0. The molecule has 0 aromatic carbocycles. The molecule has 0 radical (unpaired) electrons. The van der Waals surface area contributed by atoms with Crippen LogP contribution in [0.1, 0.15) is 11.4 Å². The average molecular weight is 243 g/mol. The summed E-state index contributed by atoms with van der Waals surface area (Å²) >= 11 is 0. The van der Waals surface area contributed by atoms with Crippen LogP contribution >= 0.6 is 0 Å². The highest BCUT2D eigenvalue weighted by molar-refractivity contribution is 6.06. The lowest BCUT2D eigenvalue weighted by Crippen LogP contribution is -1.97. The van der Waals surface area contributed by atoms with E-state index in [1.165, 1.54) is 12.7 Å². The molecule has 18 heavy (non-hydrogen) atoms. The molecule has 0 aliphatic carbocycles. The molecule has 90 valence electrons. The van der Waals surface area contributed by atoms with Gasteiger partial charge in [0.1, 0.15) is 11.8 Å². The van der Waals surface area contributed by atoms with Crippen LogP contribution in [0.4, 0.5) is 0 Å². The number of nitrogens with one attached hydrogen (secondary N) is 1. The molecule has 7 nitrogen and oxygen atoms in total. The number of H-pyrrole nitrogens is 1. The number of aromatic nitrogens is 5. The molecule has 0 aliphatic heterocycles. The van der Waals surface area contributed by atoms with Gasteiger partial charge in [0.05, 0.1) is 29.6 Å². The Balaban J connectivity index is 2.46. The van der Waals surface area contributed by atoms with Gasteiger partial charge < -0.3 is 10.1 Å². The highest BCUT2D eigenvalue weighted by Gasteiger charge is 2.16. The number of nitrogens with zero attached hydrogens (tertiary/aromatic N) is 4. The van der Waals surface area contributed by atoms with Crippen LogP contribution in [-0.4, -0.2) is 35.7 Å². The Morgan fingerprint density at radius 3 is 3.06 bits per heavy atom. The molecule has 3 aromatic heterocycles. The van der Waals surface area contributed by atoms with Gasteiger partial charge in [0.25, 0.3) is 0 Å². The average Bonchev–Trinajstić information content (AvgIpc) is 2.95. The maximum Gasteiger partial charge on any atom is 0.182 e. The van der Waals surface area contributed by atoms with Gasteiger partial charge in [-0.3, -0.25) is 9.20 Å². The van der Waals surface area contributed by atoms with Crippen LogP contribution in [0, 0.1) is 6.92 Å². The van der Waals surface area contributed by atoms with E-state index in [1.54, 1.807) is 11.3 Å². The van der Waals surface area contributed by atoms with Crippen molar-refractivity contribution in [3.05, 3.63) is 30.3 Å². The van der Waals surface area contributed by atoms with Crippen molar-refractivity contribution in [2.45, 2.75) is 6.92 Å². The van der Waals surface area contributed by atoms with Crippen LogP contribution in [-0.2, 0) is 4.79 Å². The molecule has 0 atom stereocenters. The molecule has 0 amide bonds. The molecule has 2 N–H and O–H groups in total. The van der Waals surface area contributed by atoms with Crippen molar-refractivity contribution >= 4 is 28.7 Å². The van der Waals surface area contributed by atoms with E-state index in [-0.39, 0.29) is 5.57 Å². The molecule has 0 aliphatic rings. The van der Waals surface area contributed by atoms with E-state index in [0.29, 0.717) is 34.5 Å². The number of fused-ring (bicyclic) bond motifs is 3. The van der Waals surface area contributed by atoms with Gasteiger partial charge in [-0.15, -0.1) is 0 Å². The molecule has 3 rings (SSSR count). The van der Waals surface area contributed by atoms with Gasteiger partial charge in [-0.2, -0.15) is 0 Å². The maximum absolute atomic E-state index is 10.9. The number of carbonyl (C=O) groups is 1. The van der Waals surface area contributed by atoms with Crippen molar-refractivity contribution in [1.29, 1.82) is 0 Å². The summed E-state index contributed by atoms with van der Waals surface area (Å²) in [4.78, 5) is 26.4. The third-order valence-electron chi connectivity index (χ3n) is 2.76. The molecule has 0 saturated heterocycles. The molecule has 0 unspecified atom stereocenters. The lowest BCUT2D eigenvalue weighted by Gasteiger charge is -2.00. The van der Waals surface area contributed by atoms with Gasteiger partial charge in [-0.05, 0) is 6.92 Å². The van der Waals surface area contributed by atoms with E-state index in [0.717, 1.165) is 6.26 Å². The monoisotopic (exact) mass is 243 g/mol. The Morgan fingerprint density at radius 2 is 2.33 bits per heavy atom. The van der Waals surface area contributed by atoms with E-state index in [4.69, 9.17) is 5.11 Å². The normalized spacial score (nSPS) is 12.4. The van der Waals surface area contributed by atoms with Gasteiger partial charge in [-0.1, -0.05) is 0 Å². The summed E-state index contributed by atoms with van der Waals surface area (Å²) in [5, 5.41) is 9.08. The summed E-state index contributed by atoms with van der Waals surface area (Å²) in [7, 11) is 0. The first-order valence-corrected chi connectivity index (χ1v) is 5.23. The second-order valence-electron chi connectivity index (χ2n) is 3.79. The van der Waals surface area contributed by atoms with Crippen molar-refractivity contribution in [3.8, 4) is 0 Å². The van der Waals surface area contributed by atoms with E-state index in [9.17, 15) is 4.79 Å². The van der Waals surface area contributed by atoms with Crippen molar-refractivity contribution in [2.24, 2.45) is 0 Å². The van der Waals surface area contributed by atoms with Crippen molar-refractivity contribution < 1.29 is 9.90 Å². The summed E-state index contributed by atoms with van der Waals surface area (Å²) < 4.78 is 1.65. The Kier molecular flexibility index (Phi) is 2.12. The minimum Gasteiger partial charge on any atom is -0.515 e. The maximum atomic E-state index is 10.9. The molecular weight excluding hydrogens is 234 g/mol. The smallest absolute Gasteiger partial charge is 0.182 e. The van der Waals surface area contributed by atoms with Gasteiger partial charge in [0.2, 0.25) is 0 Å². The van der Waals surface area contributed by atoms with E-state index < -0.39 is 0 Å². The molecule has 0 saturated carbocycles. The quantitative estimate of drug-likeness (QED) is 0.398. The number of carbonyl (C=O) groups excluding carboxylic acids is 1. The number of aliphatic hydroxyl groups excluding tert-OH is 1. The first kappa shape index (κ1) is 10.5. The summed E-state index contributed by atoms with van der Waals surface area (Å²) in [5.41, 5.74) is 3.17. The zero-order valence-corrected chi connectivity index (χ0v) is 9.45. The third kappa shape index (κ3) is 1.24. The molecule has 7 heteroatoms. The highest BCUT2D eigenvalue weighted by atomic mass is 16.2. The number of aldehydes is 1. The summed E-state index contributed by atoms with van der Waals surface area (Å²) in [5.74, 6) is 0. The van der Waals surface area contributed by atoms with Gasteiger partial charge in [-0.25, -0.2) is 15.0 Å². The standard InChI is InChI=1S/C11H9N5O2/c1-6-9(7(2-17)3-18)16-5-14-10-8(11(16)15-6)12-4-13-10/h2-5,17H,1H3,(H,12,13)/b7-2+. The van der Waals surface area contributed by atoms with Crippen LogP contribution < -0.4 is 0 Å². The van der Waals surface area contributed by atoms with Gasteiger partial charge in [0.15, 0.2) is 17.6 Å². The van der Waals surface area contributed by atoms with Gasteiger partial charge in [0, 0.05) is 0 Å². The summed E-state index contributed by atoms with van der Waals surface area (Å²) in [6.07, 6.45) is 4.40. The number of allylic oxidation sites excluding steroid dienone is 1. The van der Waals surface area contributed by atoms with E-state index >= 15 is 0 Å². The number of aromatic amines is 1. The van der Waals surface area contributed by atoms with Crippen molar-refractivity contribution in [1.82, 2.24) is 24.3 Å². The topological polar surface area (TPSA) is 96.2 Å². The molecule has 0 fully saturated rings. The fraction of sp³-hybridized carbons (Fsp3) is 0.0909. The van der Waals surface area contributed by atoms with Crippen molar-refractivity contribution in [3.63, 3.8) is 0 Å². The Bertz CT molecular complexity index is 783. The molecule has 0 bridgehead atoms. The number of imidazole rings is 2. The minimum atomic E-state index is 0.153. The number of aliphatic hydroxyl groups is 1. The van der Waals surface area contributed by atoms with Crippen LogP contribution in [0.5, 0.6) is 0 Å². The van der Waals surface area contributed by atoms with Crippen molar-refractivity contribution in [2.75, 3.05) is 0 Å². The lowest BCUT2D eigenvalue weighted by molar-refractivity contribution is -0.103. The number of hydrogen-bond donors (Lipinski definition) is 2. The Hall–Kier alpha value is -2.70. The fourth-order valence-electron chi connectivity index (χ4n) is 1.99. The van der Waals surface area contributed by atoms with Crippen LogP contribution in [0.3, 0.4) is 0 Å². The van der Waals surface area contributed by atoms with Crippen LogP contribution in [0.15, 0.2) is 18.9 Å².